The largest absolute Gasteiger partial charge is 0.349 e. The molecular weight excluding hydrogens is 404 g/mol. The van der Waals surface area contributed by atoms with E-state index >= 15 is 0 Å². The molecule has 0 aliphatic carbocycles. The molecule has 3 atom stereocenters. The van der Waals surface area contributed by atoms with Crippen LogP contribution in [-0.2, 0) is 33.8 Å². The van der Waals surface area contributed by atoms with Gasteiger partial charge in [-0.25, -0.2) is 0 Å². The third-order valence-electron chi connectivity index (χ3n) is 6.45. The number of nitrogens with one attached hydrogen (secondary N) is 2. The van der Waals surface area contributed by atoms with E-state index in [1.165, 1.54) is 0 Å². The van der Waals surface area contributed by atoms with Gasteiger partial charge in [0.05, 0.1) is 17.9 Å². The van der Waals surface area contributed by atoms with Gasteiger partial charge in [0, 0.05) is 19.0 Å². The summed E-state index contributed by atoms with van der Waals surface area (Å²) in [5, 5.41) is 5.87. The van der Waals surface area contributed by atoms with Crippen LogP contribution in [0, 0.1) is 5.92 Å². The van der Waals surface area contributed by atoms with Crippen molar-refractivity contribution < 1.29 is 14.4 Å². The summed E-state index contributed by atoms with van der Waals surface area (Å²) in [5.41, 5.74) is 3.65. The van der Waals surface area contributed by atoms with Crippen LogP contribution in [0.1, 0.15) is 49.9 Å². The van der Waals surface area contributed by atoms with Crippen molar-refractivity contribution in [2.45, 2.75) is 64.6 Å². The molecule has 7 heteroatoms. The van der Waals surface area contributed by atoms with Crippen LogP contribution in [0.3, 0.4) is 0 Å². The Morgan fingerprint density at radius 3 is 2.75 bits per heavy atom. The Morgan fingerprint density at radius 1 is 1.19 bits per heavy atom. The predicted molar refractivity (Wildman–Crippen MR) is 122 cm³/mol. The maximum absolute atomic E-state index is 13.6. The van der Waals surface area contributed by atoms with Crippen LogP contribution in [0.5, 0.6) is 0 Å². The Hall–Kier alpha value is -3.22. The molecule has 0 radical (unpaired) electrons. The highest BCUT2D eigenvalue weighted by atomic mass is 16.2. The molecule has 0 bridgehead atoms. The zero-order valence-corrected chi connectivity index (χ0v) is 18.6. The molecule has 7 nitrogen and oxygen atoms in total. The van der Waals surface area contributed by atoms with Crippen molar-refractivity contribution in [1.29, 1.82) is 0 Å². The minimum Gasteiger partial charge on any atom is -0.349 e. The molecule has 0 spiro atoms. The Morgan fingerprint density at radius 2 is 2.00 bits per heavy atom. The van der Waals surface area contributed by atoms with Crippen LogP contribution in [0.4, 0.5) is 5.69 Å². The molecule has 0 unspecified atom stereocenters. The van der Waals surface area contributed by atoms with E-state index in [1.807, 2.05) is 50.2 Å². The number of benzene rings is 1. The Kier molecular flexibility index (Phi) is 6.53. The number of amides is 3. The minimum absolute atomic E-state index is 0.112. The van der Waals surface area contributed by atoms with Crippen LogP contribution in [0.15, 0.2) is 42.6 Å². The number of aryl methyl sites for hydroxylation is 1. The highest BCUT2D eigenvalue weighted by Gasteiger charge is 2.43. The van der Waals surface area contributed by atoms with Crippen molar-refractivity contribution in [3.63, 3.8) is 0 Å². The number of carbonyl (C=O) groups is 3. The van der Waals surface area contributed by atoms with E-state index < -0.39 is 12.1 Å². The zero-order chi connectivity index (χ0) is 22.7. The van der Waals surface area contributed by atoms with Gasteiger partial charge in [-0.3, -0.25) is 24.3 Å². The van der Waals surface area contributed by atoms with Crippen LogP contribution in [-0.4, -0.2) is 34.8 Å². The molecule has 0 saturated carbocycles. The molecule has 2 aliphatic heterocycles. The first-order valence-corrected chi connectivity index (χ1v) is 11.4. The number of anilines is 1. The minimum atomic E-state index is -0.630. The van der Waals surface area contributed by atoms with Gasteiger partial charge in [0.25, 0.3) is 0 Å². The fourth-order valence-electron chi connectivity index (χ4n) is 4.49. The molecule has 1 aromatic heterocycles. The number of nitrogens with zero attached hydrogens (tertiary/aromatic N) is 2. The van der Waals surface area contributed by atoms with E-state index in [2.05, 4.69) is 15.6 Å². The molecule has 32 heavy (non-hydrogen) atoms. The van der Waals surface area contributed by atoms with Crippen molar-refractivity contribution in [3.8, 4) is 0 Å². The van der Waals surface area contributed by atoms with E-state index in [4.69, 9.17) is 0 Å². The van der Waals surface area contributed by atoms with Gasteiger partial charge >= 0.3 is 0 Å². The third kappa shape index (κ3) is 4.52. The average molecular weight is 435 g/mol. The highest BCUT2D eigenvalue weighted by Crippen LogP contribution is 2.39. The zero-order valence-electron chi connectivity index (χ0n) is 18.6. The van der Waals surface area contributed by atoms with E-state index in [0.29, 0.717) is 32.2 Å². The molecule has 0 fully saturated rings. The lowest BCUT2D eigenvalue weighted by Crippen LogP contribution is -2.54. The van der Waals surface area contributed by atoms with Gasteiger partial charge in [0.2, 0.25) is 17.7 Å². The summed E-state index contributed by atoms with van der Waals surface area (Å²) in [7, 11) is 0. The molecule has 2 aromatic rings. The normalized spacial score (nSPS) is 20.3. The maximum atomic E-state index is 13.6. The van der Waals surface area contributed by atoms with Gasteiger partial charge in [0.1, 0.15) is 12.1 Å². The predicted octanol–water partition coefficient (Wildman–Crippen LogP) is 2.52. The summed E-state index contributed by atoms with van der Waals surface area (Å²) < 4.78 is 0. The molecular formula is C25H30N4O3. The van der Waals surface area contributed by atoms with Gasteiger partial charge in [-0.15, -0.1) is 0 Å². The molecule has 3 amide bonds. The summed E-state index contributed by atoms with van der Waals surface area (Å²) in [6.07, 6.45) is 4.67. The lowest BCUT2D eigenvalue weighted by molar-refractivity contribution is -0.129. The Bertz CT molecular complexity index is 1010. The number of hydrogen-bond donors (Lipinski definition) is 2. The topological polar surface area (TPSA) is 91.4 Å². The number of rotatable bonds is 7. The van der Waals surface area contributed by atoms with Crippen LogP contribution >= 0.6 is 0 Å². The first-order valence-electron chi connectivity index (χ1n) is 11.4. The standard InChI is InChI=1S/C25H30N4O3/c1-3-16(2)13-22(30)28-20-11-10-17-7-6-8-18-14-21(29(23(17)18)25(20)32)24(31)27-15-19-9-4-5-12-26-19/h4-9,12,16,20-21H,3,10-11,13-15H2,1-2H3,(H,27,31)(H,28,30)/t16-,20-,21-/m0/s1. The molecule has 2 N–H and O–H groups in total. The number of pyridine rings is 1. The van der Waals surface area contributed by atoms with Gasteiger partial charge in [-0.05, 0) is 42.0 Å². The van der Waals surface area contributed by atoms with E-state index in [9.17, 15) is 14.4 Å². The molecule has 3 heterocycles. The van der Waals surface area contributed by atoms with Crippen molar-refractivity contribution in [2.24, 2.45) is 5.92 Å². The van der Waals surface area contributed by atoms with Gasteiger partial charge < -0.3 is 10.6 Å². The summed E-state index contributed by atoms with van der Waals surface area (Å²) in [6, 6.07) is 10.3. The lowest BCUT2D eigenvalue weighted by Gasteiger charge is -2.28. The monoisotopic (exact) mass is 434 g/mol. The molecule has 0 saturated heterocycles. The van der Waals surface area contributed by atoms with Crippen molar-refractivity contribution in [2.75, 3.05) is 4.90 Å². The van der Waals surface area contributed by atoms with Crippen LogP contribution < -0.4 is 15.5 Å². The summed E-state index contributed by atoms with van der Waals surface area (Å²) in [5.74, 6) is -0.266. The van der Waals surface area contributed by atoms with Crippen molar-refractivity contribution >= 4 is 23.4 Å². The second kappa shape index (κ2) is 9.51. The second-order valence-electron chi connectivity index (χ2n) is 8.77. The fraction of sp³-hybridized carbons (Fsp3) is 0.440. The van der Waals surface area contributed by atoms with Gasteiger partial charge in [-0.2, -0.15) is 0 Å². The van der Waals surface area contributed by atoms with Crippen molar-refractivity contribution in [3.05, 3.63) is 59.4 Å². The van der Waals surface area contributed by atoms with Crippen LogP contribution in [0.2, 0.25) is 0 Å². The number of carbonyl (C=O) groups excluding carboxylic acids is 3. The maximum Gasteiger partial charge on any atom is 0.250 e. The summed E-state index contributed by atoms with van der Waals surface area (Å²) in [4.78, 5) is 45.1. The van der Waals surface area contributed by atoms with E-state index in [-0.39, 0.29) is 23.6 Å². The average Bonchev–Trinajstić information content (AvgIpc) is 3.14. The first kappa shape index (κ1) is 22.0. The highest BCUT2D eigenvalue weighted by molar-refractivity contribution is 6.07. The van der Waals surface area contributed by atoms with Gasteiger partial charge in [0.15, 0.2) is 0 Å². The van der Waals surface area contributed by atoms with E-state index in [0.717, 1.165) is 28.9 Å². The third-order valence-corrected chi connectivity index (χ3v) is 6.45. The molecule has 168 valence electrons. The molecule has 2 aliphatic rings. The molecule has 4 rings (SSSR count). The molecule has 1 aromatic carbocycles. The fourth-order valence-corrected chi connectivity index (χ4v) is 4.49. The van der Waals surface area contributed by atoms with Gasteiger partial charge in [-0.1, -0.05) is 44.5 Å². The Balaban J connectivity index is 1.54. The van der Waals surface area contributed by atoms with E-state index in [1.54, 1.807) is 11.1 Å². The smallest absolute Gasteiger partial charge is 0.250 e. The number of aromatic nitrogens is 1. The quantitative estimate of drug-likeness (QED) is 0.701. The Labute approximate surface area is 188 Å². The number of hydrogen-bond acceptors (Lipinski definition) is 4. The lowest BCUT2D eigenvalue weighted by atomic mass is 10.0. The van der Waals surface area contributed by atoms with Crippen molar-refractivity contribution in [1.82, 2.24) is 15.6 Å². The van der Waals surface area contributed by atoms with Crippen LogP contribution in [0.25, 0.3) is 0 Å². The SMILES string of the molecule is CC[C@H](C)CC(=O)N[C@H]1CCc2cccc3c2N(C1=O)[C@H](C(=O)NCc1ccccn1)C3. The summed E-state index contributed by atoms with van der Waals surface area (Å²) in [6.45, 7) is 4.38. The first-order chi connectivity index (χ1) is 15.5. The summed E-state index contributed by atoms with van der Waals surface area (Å²) >= 11 is 0. The number of para-hydroxylation sites is 1. The second-order valence-corrected chi connectivity index (χ2v) is 8.77.